The van der Waals surface area contributed by atoms with Crippen molar-refractivity contribution in [2.75, 3.05) is 6.54 Å². The summed E-state index contributed by atoms with van der Waals surface area (Å²) in [6, 6.07) is 1.78. The molecule has 2 rings (SSSR count). The third-order valence-electron chi connectivity index (χ3n) is 2.40. The zero-order chi connectivity index (χ0) is 14.6. The molecule has 0 amide bonds. The molecule has 8 nitrogen and oxygen atoms in total. The molecule has 20 heavy (non-hydrogen) atoms. The fraction of sp³-hybridized carbons (Fsp3) is 0.300. The normalized spacial score (nSPS) is 11.6. The van der Waals surface area contributed by atoms with Crippen LogP contribution in [0.4, 0.5) is 0 Å². The predicted octanol–water partition coefficient (Wildman–Crippen LogP) is 0.406. The van der Waals surface area contributed by atoms with Crippen LogP contribution < -0.4 is 4.72 Å². The van der Waals surface area contributed by atoms with Crippen LogP contribution in [0.15, 0.2) is 28.2 Å². The van der Waals surface area contributed by atoms with Crippen molar-refractivity contribution in [1.29, 1.82) is 0 Å². The number of hydrogen-bond donors (Lipinski definition) is 2. The van der Waals surface area contributed by atoms with Crippen molar-refractivity contribution >= 4 is 27.3 Å². The van der Waals surface area contributed by atoms with Gasteiger partial charge < -0.3 is 5.11 Å². The van der Waals surface area contributed by atoms with E-state index in [1.54, 1.807) is 23.1 Å². The first-order valence-corrected chi connectivity index (χ1v) is 8.01. The molecule has 0 saturated carbocycles. The number of hydrogen-bond acceptors (Lipinski definition) is 6. The highest BCUT2D eigenvalue weighted by Gasteiger charge is 2.25. The molecule has 0 aliphatic carbocycles. The third-order valence-corrected chi connectivity index (χ3v) is 5.23. The fourth-order valence-corrected chi connectivity index (χ4v) is 3.77. The second-order valence-corrected chi connectivity index (χ2v) is 6.63. The Kier molecular flexibility index (Phi) is 4.47. The van der Waals surface area contributed by atoms with Crippen LogP contribution in [0.25, 0.3) is 0 Å². The number of carboxylic acids is 1. The summed E-state index contributed by atoms with van der Waals surface area (Å²) in [5.74, 6) is -1.36. The van der Waals surface area contributed by atoms with Crippen LogP contribution in [0.5, 0.6) is 0 Å². The molecule has 2 aromatic rings. The third kappa shape index (κ3) is 3.40. The van der Waals surface area contributed by atoms with E-state index in [-0.39, 0.29) is 10.8 Å². The smallest absolute Gasteiger partial charge is 0.356 e. The molecule has 2 N–H and O–H groups in total. The molecular formula is C10H12N4O4S2. The highest BCUT2D eigenvalue weighted by molar-refractivity contribution is 7.91. The lowest BCUT2D eigenvalue weighted by atomic mass is 10.4. The molecule has 2 aromatic heterocycles. The van der Waals surface area contributed by atoms with Gasteiger partial charge in [-0.25, -0.2) is 22.9 Å². The van der Waals surface area contributed by atoms with E-state index in [0.29, 0.717) is 13.0 Å². The van der Waals surface area contributed by atoms with Crippen molar-refractivity contribution in [3.63, 3.8) is 0 Å². The average Bonchev–Trinajstić information content (AvgIpc) is 3.05. The lowest BCUT2D eigenvalue weighted by molar-refractivity contribution is 0.0687. The summed E-state index contributed by atoms with van der Waals surface area (Å²) in [5.41, 5.74) is 0.747. The van der Waals surface area contributed by atoms with Gasteiger partial charge in [-0.1, -0.05) is 0 Å². The van der Waals surface area contributed by atoms with Gasteiger partial charge in [-0.3, -0.25) is 4.68 Å². The van der Waals surface area contributed by atoms with Crippen LogP contribution in [0.3, 0.4) is 0 Å². The van der Waals surface area contributed by atoms with Gasteiger partial charge in [0.25, 0.3) is 10.0 Å². The van der Waals surface area contributed by atoms with Crippen LogP contribution in [-0.2, 0) is 16.6 Å². The number of carboxylic acid groups (broad SMARTS) is 1. The van der Waals surface area contributed by atoms with Crippen molar-refractivity contribution in [3.05, 3.63) is 29.7 Å². The standard InChI is InChI=1S/C10H12N4O4S2/c15-9(16)8-10(19-7-11-8)20(17,18)13-4-2-6-14-5-1-3-12-14/h1,3,5,7,13H,2,4,6H2,(H,15,16). The van der Waals surface area contributed by atoms with Gasteiger partial charge in [-0.15, -0.1) is 11.3 Å². The number of aromatic carboxylic acids is 1. The van der Waals surface area contributed by atoms with E-state index < -0.39 is 21.7 Å². The van der Waals surface area contributed by atoms with Gasteiger partial charge in [0, 0.05) is 25.5 Å². The van der Waals surface area contributed by atoms with Crippen LogP contribution in [0.1, 0.15) is 16.9 Å². The Balaban J connectivity index is 1.94. The number of aryl methyl sites for hydroxylation is 1. The first-order chi connectivity index (χ1) is 9.50. The molecule has 0 saturated heterocycles. The monoisotopic (exact) mass is 316 g/mol. The van der Waals surface area contributed by atoms with E-state index in [1.165, 1.54) is 5.51 Å². The van der Waals surface area contributed by atoms with Gasteiger partial charge in [0.2, 0.25) is 0 Å². The van der Waals surface area contributed by atoms with Crippen molar-refractivity contribution in [1.82, 2.24) is 19.5 Å². The maximum atomic E-state index is 12.0. The molecular weight excluding hydrogens is 304 g/mol. The minimum Gasteiger partial charge on any atom is -0.476 e. The number of carbonyl (C=O) groups is 1. The molecule has 0 radical (unpaired) electrons. The Bertz CT molecular complexity index is 678. The predicted molar refractivity (Wildman–Crippen MR) is 71.1 cm³/mol. The molecule has 0 spiro atoms. The summed E-state index contributed by atoms with van der Waals surface area (Å²) in [6.07, 6.45) is 3.96. The van der Waals surface area contributed by atoms with Gasteiger partial charge >= 0.3 is 5.97 Å². The van der Waals surface area contributed by atoms with E-state index in [9.17, 15) is 13.2 Å². The van der Waals surface area contributed by atoms with Gasteiger partial charge in [-0.2, -0.15) is 5.10 Å². The first kappa shape index (κ1) is 14.6. The number of sulfonamides is 1. The molecule has 0 aliphatic rings. The molecule has 108 valence electrons. The van der Waals surface area contributed by atoms with Crippen molar-refractivity contribution in [3.8, 4) is 0 Å². The maximum absolute atomic E-state index is 12.0. The van der Waals surface area contributed by atoms with E-state index >= 15 is 0 Å². The van der Waals surface area contributed by atoms with Crippen LogP contribution in [-0.4, -0.2) is 40.8 Å². The van der Waals surface area contributed by atoms with Gasteiger partial charge in [-0.05, 0) is 12.5 Å². The maximum Gasteiger partial charge on any atom is 0.356 e. The Morgan fingerprint density at radius 2 is 2.30 bits per heavy atom. The van der Waals surface area contributed by atoms with Crippen molar-refractivity contribution in [2.45, 2.75) is 17.2 Å². The molecule has 0 atom stereocenters. The Morgan fingerprint density at radius 3 is 2.95 bits per heavy atom. The number of thiazole rings is 1. The molecule has 0 bridgehead atoms. The Morgan fingerprint density at radius 1 is 1.50 bits per heavy atom. The summed E-state index contributed by atoms with van der Waals surface area (Å²) >= 11 is 0.781. The van der Waals surface area contributed by atoms with Crippen molar-refractivity contribution < 1.29 is 18.3 Å². The number of aromatic nitrogens is 3. The Hall–Kier alpha value is -1.78. The summed E-state index contributed by atoms with van der Waals surface area (Å²) < 4.78 is 27.7. The van der Waals surface area contributed by atoms with Gasteiger partial charge in [0.15, 0.2) is 9.90 Å². The quantitative estimate of drug-likeness (QED) is 0.715. The SMILES string of the molecule is O=C(O)c1ncsc1S(=O)(=O)NCCCn1cccn1. The van der Waals surface area contributed by atoms with Crippen LogP contribution >= 0.6 is 11.3 Å². The first-order valence-electron chi connectivity index (χ1n) is 5.64. The van der Waals surface area contributed by atoms with Crippen molar-refractivity contribution in [2.24, 2.45) is 0 Å². The topological polar surface area (TPSA) is 114 Å². The highest BCUT2D eigenvalue weighted by Crippen LogP contribution is 2.19. The lowest BCUT2D eigenvalue weighted by Crippen LogP contribution is -2.26. The second-order valence-electron chi connectivity index (χ2n) is 3.81. The number of nitrogens with zero attached hydrogens (tertiary/aromatic N) is 3. The largest absolute Gasteiger partial charge is 0.476 e. The summed E-state index contributed by atoms with van der Waals surface area (Å²) in [7, 11) is -3.84. The van der Waals surface area contributed by atoms with Crippen LogP contribution in [0, 0.1) is 0 Å². The van der Waals surface area contributed by atoms with E-state index in [2.05, 4.69) is 14.8 Å². The summed E-state index contributed by atoms with van der Waals surface area (Å²) in [4.78, 5) is 14.4. The molecule has 0 aliphatic heterocycles. The molecule has 0 fully saturated rings. The molecule has 0 aromatic carbocycles. The van der Waals surface area contributed by atoms with Crippen LogP contribution in [0.2, 0.25) is 0 Å². The minimum absolute atomic E-state index is 0.194. The number of rotatable bonds is 7. The van der Waals surface area contributed by atoms with E-state index in [0.717, 1.165) is 11.3 Å². The van der Waals surface area contributed by atoms with Gasteiger partial charge in [0.1, 0.15) is 0 Å². The number of nitrogens with one attached hydrogen (secondary N) is 1. The molecule has 10 heteroatoms. The second kappa shape index (κ2) is 6.11. The highest BCUT2D eigenvalue weighted by atomic mass is 32.2. The van der Waals surface area contributed by atoms with E-state index in [1.807, 2.05) is 0 Å². The Labute approximate surface area is 119 Å². The summed E-state index contributed by atoms with van der Waals surface area (Å²) in [5, 5.41) is 12.8. The minimum atomic E-state index is -3.84. The fourth-order valence-electron chi connectivity index (χ4n) is 1.51. The molecule has 0 unspecified atom stereocenters. The van der Waals surface area contributed by atoms with E-state index in [4.69, 9.17) is 5.11 Å². The zero-order valence-corrected chi connectivity index (χ0v) is 11.9. The summed E-state index contributed by atoms with van der Waals surface area (Å²) in [6.45, 7) is 0.767. The van der Waals surface area contributed by atoms with Gasteiger partial charge in [0.05, 0.1) is 5.51 Å². The molecule has 2 heterocycles. The zero-order valence-electron chi connectivity index (χ0n) is 10.3. The lowest BCUT2D eigenvalue weighted by Gasteiger charge is -2.05. The average molecular weight is 316 g/mol.